The molecule has 0 unspecified atom stereocenters. The summed E-state index contributed by atoms with van der Waals surface area (Å²) in [7, 11) is 0.593. The molecular weight excluding hydrogens is 343 g/mol. The van der Waals surface area contributed by atoms with Gasteiger partial charge in [-0.15, -0.1) is 0 Å². The zero-order chi connectivity index (χ0) is 18.7. The molecule has 1 N–H and O–H groups in total. The van der Waals surface area contributed by atoms with E-state index in [-0.39, 0.29) is 24.4 Å². The van der Waals surface area contributed by atoms with Crippen LogP contribution in [0.2, 0.25) is 6.32 Å². The molecule has 1 atom stereocenters. The molecule has 2 aromatic rings. The number of nitrogens with zero attached hydrogens (tertiary/aromatic N) is 1. The van der Waals surface area contributed by atoms with Crippen LogP contribution >= 0.6 is 0 Å². The van der Waals surface area contributed by atoms with E-state index in [1.807, 2.05) is 6.92 Å². The Morgan fingerprint density at radius 1 is 1.35 bits per heavy atom. The first-order valence-corrected chi connectivity index (χ1v) is 8.42. The highest BCUT2D eigenvalue weighted by molar-refractivity contribution is 6.43. The minimum Gasteiger partial charge on any atom is -0.493 e. The number of rotatable bonds is 6. The molecule has 2 heterocycles. The van der Waals surface area contributed by atoms with Crippen molar-refractivity contribution in [2.45, 2.75) is 25.6 Å². The van der Waals surface area contributed by atoms with Gasteiger partial charge in [0.25, 0.3) is 6.43 Å². The second-order valence-corrected chi connectivity index (χ2v) is 6.01. The molecule has 1 aromatic carbocycles. The lowest BCUT2D eigenvalue weighted by molar-refractivity contribution is 0.150. The summed E-state index contributed by atoms with van der Waals surface area (Å²) in [6.45, 7) is 2.46. The van der Waals surface area contributed by atoms with Crippen LogP contribution in [-0.2, 0) is 4.65 Å². The summed E-state index contributed by atoms with van der Waals surface area (Å²) in [5, 5.41) is 9.57. The zero-order valence-electron chi connectivity index (χ0n) is 14.6. The Morgan fingerprint density at radius 3 is 2.77 bits per heavy atom. The second kappa shape index (κ2) is 8.01. The van der Waals surface area contributed by atoms with Gasteiger partial charge in [0.15, 0.2) is 11.5 Å². The van der Waals surface area contributed by atoms with Crippen molar-refractivity contribution in [3.8, 4) is 22.6 Å². The Hall–Kier alpha value is -2.19. The average Bonchev–Trinajstić information content (AvgIpc) is 3.07. The van der Waals surface area contributed by atoms with Gasteiger partial charge in [0.1, 0.15) is 0 Å². The Balaban J connectivity index is 2.09. The average molecular weight is 363 g/mol. The first-order chi connectivity index (χ1) is 12.5. The maximum absolute atomic E-state index is 13.9. The molecule has 3 rings (SSSR count). The number of aromatic nitrogens is 1. The molecule has 5 nitrogen and oxygen atoms in total. The molecule has 0 saturated carbocycles. The first kappa shape index (κ1) is 18.6. The number of alkyl halides is 2. The van der Waals surface area contributed by atoms with Crippen molar-refractivity contribution >= 4 is 7.12 Å². The van der Waals surface area contributed by atoms with Gasteiger partial charge in [0.2, 0.25) is 0 Å². The van der Waals surface area contributed by atoms with Crippen molar-refractivity contribution < 1.29 is 27.9 Å². The van der Waals surface area contributed by atoms with Gasteiger partial charge in [-0.25, -0.2) is 8.78 Å². The summed E-state index contributed by atoms with van der Waals surface area (Å²) in [4.78, 5) is 4.15. The Morgan fingerprint density at radius 2 is 2.15 bits per heavy atom. The van der Waals surface area contributed by atoms with Crippen molar-refractivity contribution in [1.82, 2.24) is 4.98 Å². The summed E-state index contributed by atoms with van der Waals surface area (Å²) < 4.78 is 43.8. The summed E-state index contributed by atoms with van der Waals surface area (Å²) in [5.74, 6) is 0.703. The van der Waals surface area contributed by atoms with Crippen molar-refractivity contribution in [3.63, 3.8) is 0 Å². The summed E-state index contributed by atoms with van der Waals surface area (Å²) >= 11 is 0. The molecule has 1 fully saturated rings. The molecule has 0 spiro atoms. The van der Waals surface area contributed by atoms with E-state index in [0.717, 1.165) is 0 Å². The standard InChI is InChI=1S/C18H20BF2NO4/c1-3-25-16-6-11(4-5-15(16)24-2)13-8-22-9-14(17(13)18(20)21)12-7-19(23)26-10-12/h4-6,8-9,12,18,23H,3,7,10H2,1-2H3/t12-/m1/s1. The van der Waals surface area contributed by atoms with E-state index in [1.54, 1.807) is 18.2 Å². The van der Waals surface area contributed by atoms with Crippen LogP contribution in [0.1, 0.15) is 30.4 Å². The van der Waals surface area contributed by atoms with Gasteiger partial charge in [-0.2, -0.15) is 0 Å². The van der Waals surface area contributed by atoms with Crippen molar-refractivity contribution in [3.05, 3.63) is 41.7 Å². The lowest BCUT2D eigenvalue weighted by atomic mass is 9.78. The topological polar surface area (TPSA) is 60.8 Å². The van der Waals surface area contributed by atoms with E-state index in [0.29, 0.717) is 34.8 Å². The molecule has 1 aromatic heterocycles. The maximum Gasteiger partial charge on any atom is 0.454 e. The largest absolute Gasteiger partial charge is 0.493 e. The molecular formula is C18H20BF2NO4. The molecule has 0 radical (unpaired) electrons. The van der Waals surface area contributed by atoms with Crippen LogP contribution in [0.5, 0.6) is 11.5 Å². The molecule has 0 aliphatic carbocycles. The Kier molecular flexibility index (Phi) is 5.73. The van der Waals surface area contributed by atoms with Gasteiger partial charge >= 0.3 is 7.12 Å². The fourth-order valence-electron chi connectivity index (χ4n) is 3.22. The number of hydrogen-bond acceptors (Lipinski definition) is 5. The maximum atomic E-state index is 13.9. The highest BCUT2D eigenvalue weighted by Gasteiger charge is 2.33. The van der Waals surface area contributed by atoms with E-state index in [9.17, 15) is 13.8 Å². The third kappa shape index (κ3) is 3.66. The molecule has 0 amide bonds. The van der Waals surface area contributed by atoms with Crippen LogP contribution in [-0.4, -0.2) is 37.4 Å². The molecule has 0 bridgehead atoms. The Bertz CT molecular complexity index is 775. The lowest BCUT2D eigenvalue weighted by Gasteiger charge is -2.18. The summed E-state index contributed by atoms with van der Waals surface area (Å²) in [6.07, 6.45) is 0.453. The van der Waals surface area contributed by atoms with Gasteiger partial charge in [0.05, 0.1) is 13.7 Å². The SMILES string of the molecule is CCOc1cc(-c2cncc([C@H]3COB(O)C3)c2C(F)F)ccc1OC. The van der Waals surface area contributed by atoms with E-state index < -0.39 is 13.5 Å². The van der Waals surface area contributed by atoms with Gasteiger partial charge in [-0.3, -0.25) is 4.98 Å². The van der Waals surface area contributed by atoms with Crippen LogP contribution in [0, 0.1) is 0 Å². The van der Waals surface area contributed by atoms with Gasteiger partial charge < -0.3 is 19.2 Å². The number of benzene rings is 1. The van der Waals surface area contributed by atoms with E-state index in [2.05, 4.69) is 4.98 Å². The molecule has 1 saturated heterocycles. The monoisotopic (exact) mass is 363 g/mol. The van der Waals surface area contributed by atoms with Crippen LogP contribution in [0.3, 0.4) is 0 Å². The van der Waals surface area contributed by atoms with Gasteiger partial charge in [-0.1, -0.05) is 6.07 Å². The normalized spacial score (nSPS) is 17.0. The van der Waals surface area contributed by atoms with Crippen molar-refractivity contribution in [2.24, 2.45) is 0 Å². The fraction of sp³-hybridized carbons (Fsp3) is 0.389. The van der Waals surface area contributed by atoms with Crippen LogP contribution in [0.15, 0.2) is 30.6 Å². The van der Waals surface area contributed by atoms with E-state index in [1.165, 1.54) is 19.5 Å². The van der Waals surface area contributed by atoms with Crippen LogP contribution in [0.4, 0.5) is 8.78 Å². The molecule has 138 valence electrons. The predicted octanol–water partition coefficient (Wildman–Crippen LogP) is 3.69. The van der Waals surface area contributed by atoms with Gasteiger partial charge in [0, 0.05) is 36.0 Å². The number of pyridine rings is 1. The zero-order valence-corrected chi connectivity index (χ0v) is 14.6. The van der Waals surface area contributed by atoms with Crippen LogP contribution < -0.4 is 9.47 Å². The van der Waals surface area contributed by atoms with Crippen LogP contribution in [0.25, 0.3) is 11.1 Å². The van der Waals surface area contributed by atoms with E-state index >= 15 is 0 Å². The second-order valence-electron chi connectivity index (χ2n) is 6.01. The smallest absolute Gasteiger partial charge is 0.454 e. The number of halogens is 2. The Labute approximate surface area is 151 Å². The fourth-order valence-corrected chi connectivity index (χ4v) is 3.22. The molecule has 8 heteroatoms. The number of methoxy groups -OCH3 is 1. The quantitative estimate of drug-likeness (QED) is 0.794. The summed E-state index contributed by atoms with van der Waals surface area (Å²) in [5.41, 5.74) is 1.22. The first-order valence-electron chi connectivity index (χ1n) is 8.42. The minimum absolute atomic E-state index is 0.0877. The third-order valence-electron chi connectivity index (χ3n) is 4.43. The molecule has 1 aliphatic rings. The summed E-state index contributed by atoms with van der Waals surface area (Å²) in [6, 6.07) is 5.06. The van der Waals surface area contributed by atoms with Gasteiger partial charge in [-0.05, 0) is 36.5 Å². The predicted molar refractivity (Wildman–Crippen MR) is 93.8 cm³/mol. The highest BCUT2D eigenvalue weighted by Crippen LogP contribution is 2.41. The highest BCUT2D eigenvalue weighted by atomic mass is 19.3. The van der Waals surface area contributed by atoms with Crippen molar-refractivity contribution in [2.75, 3.05) is 20.3 Å². The molecule has 1 aliphatic heterocycles. The number of hydrogen-bond donors (Lipinski definition) is 1. The lowest BCUT2D eigenvalue weighted by Crippen LogP contribution is -2.08. The minimum atomic E-state index is -2.68. The third-order valence-corrected chi connectivity index (χ3v) is 4.43. The van der Waals surface area contributed by atoms with E-state index in [4.69, 9.17) is 14.1 Å². The number of ether oxygens (including phenoxy) is 2. The van der Waals surface area contributed by atoms with Crippen molar-refractivity contribution in [1.29, 1.82) is 0 Å². The molecule has 26 heavy (non-hydrogen) atoms.